The monoisotopic (exact) mass is 355 g/mol. The Kier molecular flexibility index (Phi) is 5.25. The van der Waals surface area contributed by atoms with Crippen molar-refractivity contribution in [3.05, 3.63) is 53.7 Å². The van der Waals surface area contributed by atoms with Gasteiger partial charge < -0.3 is 14.8 Å². The second-order valence-electron chi connectivity index (χ2n) is 5.19. The van der Waals surface area contributed by atoms with Gasteiger partial charge in [0.05, 0.1) is 26.3 Å². The van der Waals surface area contributed by atoms with Crippen LogP contribution in [0.25, 0.3) is 11.3 Å². The third-order valence-corrected chi connectivity index (χ3v) is 4.28. The minimum Gasteiger partial charge on any atom is -0.493 e. The number of carbonyl (C=O) groups excluding carboxylic acids is 1. The molecule has 0 saturated carbocycles. The molecule has 3 aromatic rings. The summed E-state index contributed by atoms with van der Waals surface area (Å²) in [5.74, 6) is 1.09. The highest BCUT2D eigenvalue weighted by atomic mass is 32.1. The predicted molar refractivity (Wildman–Crippen MR) is 97.2 cm³/mol. The van der Waals surface area contributed by atoms with Crippen LogP contribution in [0.3, 0.4) is 0 Å². The van der Waals surface area contributed by atoms with E-state index in [4.69, 9.17) is 9.47 Å². The molecule has 0 fully saturated rings. The molecule has 6 nitrogen and oxygen atoms in total. The molecule has 1 N–H and O–H groups in total. The van der Waals surface area contributed by atoms with Crippen LogP contribution in [0, 0.1) is 0 Å². The topological polar surface area (TPSA) is 73.3 Å². The van der Waals surface area contributed by atoms with Crippen molar-refractivity contribution < 1.29 is 14.3 Å². The lowest BCUT2D eigenvalue weighted by Crippen LogP contribution is -2.14. The Labute approximate surface area is 149 Å². The first kappa shape index (κ1) is 16.9. The first-order chi connectivity index (χ1) is 12.2. The summed E-state index contributed by atoms with van der Waals surface area (Å²) >= 11 is 1.38. The van der Waals surface area contributed by atoms with Gasteiger partial charge in [-0.15, -0.1) is 11.3 Å². The lowest BCUT2D eigenvalue weighted by molar-refractivity contribution is -0.115. The summed E-state index contributed by atoms with van der Waals surface area (Å²) in [6.45, 7) is 0. The minimum atomic E-state index is -0.140. The maximum atomic E-state index is 12.3. The summed E-state index contributed by atoms with van der Waals surface area (Å²) in [5, 5.41) is 5.27. The largest absolute Gasteiger partial charge is 0.493 e. The van der Waals surface area contributed by atoms with Crippen LogP contribution < -0.4 is 14.8 Å². The van der Waals surface area contributed by atoms with Gasteiger partial charge in [-0.2, -0.15) is 0 Å². The second kappa shape index (κ2) is 7.76. The van der Waals surface area contributed by atoms with Crippen molar-refractivity contribution in [2.75, 3.05) is 19.5 Å². The molecular formula is C18H17N3O3S. The van der Waals surface area contributed by atoms with E-state index < -0.39 is 0 Å². The normalized spacial score (nSPS) is 10.3. The number of methoxy groups -OCH3 is 2. The van der Waals surface area contributed by atoms with Crippen LogP contribution >= 0.6 is 11.3 Å². The Bertz CT molecular complexity index is 865. The highest BCUT2D eigenvalue weighted by Gasteiger charge is 2.11. The van der Waals surface area contributed by atoms with Crippen LogP contribution in [0.15, 0.2) is 48.1 Å². The molecule has 0 aliphatic heterocycles. The van der Waals surface area contributed by atoms with Crippen LogP contribution in [-0.4, -0.2) is 30.1 Å². The molecule has 2 aromatic heterocycles. The molecular weight excluding hydrogens is 338 g/mol. The summed E-state index contributed by atoms with van der Waals surface area (Å²) in [6, 6.07) is 9.19. The molecule has 0 aliphatic rings. The molecule has 25 heavy (non-hydrogen) atoms. The van der Waals surface area contributed by atoms with E-state index in [2.05, 4.69) is 15.3 Å². The van der Waals surface area contributed by atoms with Crippen molar-refractivity contribution >= 4 is 22.4 Å². The van der Waals surface area contributed by atoms with Crippen LogP contribution in [0.4, 0.5) is 5.13 Å². The Morgan fingerprint density at radius 2 is 2.04 bits per heavy atom. The van der Waals surface area contributed by atoms with Gasteiger partial charge in [0.1, 0.15) is 0 Å². The average molecular weight is 355 g/mol. The van der Waals surface area contributed by atoms with Crippen molar-refractivity contribution in [1.82, 2.24) is 9.97 Å². The van der Waals surface area contributed by atoms with E-state index in [1.165, 1.54) is 11.3 Å². The molecule has 128 valence electrons. The smallest absolute Gasteiger partial charge is 0.230 e. The fourth-order valence-corrected chi connectivity index (χ4v) is 3.05. The van der Waals surface area contributed by atoms with Crippen molar-refractivity contribution in [3.8, 4) is 22.8 Å². The number of carbonyl (C=O) groups is 1. The molecule has 0 radical (unpaired) electrons. The number of nitrogens with one attached hydrogen (secondary N) is 1. The number of aromatic nitrogens is 2. The highest BCUT2D eigenvalue weighted by molar-refractivity contribution is 7.14. The van der Waals surface area contributed by atoms with Gasteiger partial charge in [-0.05, 0) is 29.8 Å². The highest BCUT2D eigenvalue weighted by Crippen LogP contribution is 2.28. The number of rotatable bonds is 6. The van der Waals surface area contributed by atoms with E-state index >= 15 is 0 Å². The van der Waals surface area contributed by atoms with E-state index in [1.807, 2.05) is 23.6 Å². The van der Waals surface area contributed by atoms with Gasteiger partial charge in [-0.1, -0.05) is 6.07 Å². The number of nitrogens with zero attached hydrogens (tertiary/aromatic N) is 2. The lowest BCUT2D eigenvalue weighted by atomic mass is 10.1. The number of anilines is 1. The summed E-state index contributed by atoms with van der Waals surface area (Å²) in [5.41, 5.74) is 2.54. The van der Waals surface area contributed by atoms with Crippen LogP contribution in [-0.2, 0) is 11.2 Å². The number of benzene rings is 1. The van der Waals surface area contributed by atoms with E-state index in [-0.39, 0.29) is 12.3 Å². The van der Waals surface area contributed by atoms with Gasteiger partial charge in [0.25, 0.3) is 0 Å². The first-order valence-corrected chi connectivity index (χ1v) is 8.44. The SMILES string of the molecule is COc1ccc(CC(=O)Nc2nc(-c3cccnc3)cs2)cc1OC. The Morgan fingerprint density at radius 3 is 2.76 bits per heavy atom. The molecule has 0 spiro atoms. The summed E-state index contributed by atoms with van der Waals surface area (Å²) < 4.78 is 10.5. The van der Waals surface area contributed by atoms with Gasteiger partial charge in [0.2, 0.25) is 5.91 Å². The van der Waals surface area contributed by atoms with E-state index in [9.17, 15) is 4.79 Å². The second-order valence-corrected chi connectivity index (χ2v) is 6.05. The molecule has 2 heterocycles. The Morgan fingerprint density at radius 1 is 1.20 bits per heavy atom. The van der Waals surface area contributed by atoms with Gasteiger partial charge in [-0.3, -0.25) is 9.78 Å². The Balaban J connectivity index is 1.66. The first-order valence-electron chi connectivity index (χ1n) is 7.56. The predicted octanol–water partition coefficient (Wildman–Crippen LogP) is 3.40. The van der Waals surface area contributed by atoms with Crippen molar-refractivity contribution in [1.29, 1.82) is 0 Å². The quantitative estimate of drug-likeness (QED) is 0.733. The zero-order valence-electron chi connectivity index (χ0n) is 13.9. The van der Waals surface area contributed by atoms with Crippen molar-refractivity contribution in [2.45, 2.75) is 6.42 Å². The lowest BCUT2D eigenvalue weighted by Gasteiger charge is -2.09. The number of ether oxygens (including phenoxy) is 2. The molecule has 0 unspecified atom stereocenters. The van der Waals surface area contributed by atoms with E-state index in [1.54, 1.807) is 38.7 Å². The molecule has 0 atom stereocenters. The number of hydrogen-bond donors (Lipinski definition) is 1. The number of thiazole rings is 1. The third-order valence-electron chi connectivity index (χ3n) is 3.52. The minimum absolute atomic E-state index is 0.140. The molecule has 1 aromatic carbocycles. The van der Waals surface area contributed by atoms with Gasteiger partial charge in [0, 0.05) is 23.3 Å². The van der Waals surface area contributed by atoms with Gasteiger partial charge in [0.15, 0.2) is 16.6 Å². The molecule has 0 saturated heterocycles. The Hall–Kier alpha value is -2.93. The average Bonchev–Trinajstić information content (AvgIpc) is 3.10. The molecule has 3 rings (SSSR count). The van der Waals surface area contributed by atoms with Crippen molar-refractivity contribution in [3.63, 3.8) is 0 Å². The summed E-state index contributed by atoms with van der Waals surface area (Å²) in [7, 11) is 3.14. The molecule has 0 bridgehead atoms. The van der Waals surface area contributed by atoms with Crippen LogP contribution in [0.5, 0.6) is 11.5 Å². The van der Waals surface area contributed by atoms with Crippen LogP contribution in [0.1, 0.15) is 5.56 Å². The molecule has 0 aliphatic carbocycles. The summed E-state index contributed by atoms with van der Waals surface area (Å²) in [4.78, 5) is 20.8. The molecule has 7 heteroatoms. The third kappa shape index (κ3) is 4.13. The number of pyridine rings is 1. The maximum absolute atomic E-state index is 12.3. The summed E-state index contributed by atoms with van der Waals surface area (Å²) in [6.07, 6.45) is 3.67. The van der Waals surface area contributed by atoms with Crippen molar-refractivity contribution in [2.24, 2.45) is 0 Å². The number of amides is 1. The zero-order chi connectivity index (χ0) is 17.6. The maximum Gasteiger partial charge on any atom is 0.230 e. The fourth-order valence-electron chi connectivity index (χ4n) is 2.32. The standard InChI is InChI=1S/C18H17N3O3S/c1-23-15-6-5-12(8-16(15)24-2)9-17(22)21-18-20-14(11-25-18)13-4-3-7-19-10-13/h3-8,10-11H,9H2,1-2H3,(H,20,21,22). The van der Waals surface area contributed by atoms with E-state index in [0.29, 0.717) is 16.6 Å². The van der Waals surface area contributed by atoms with E-state index in [0.717, 1.165) is 16.8 Å². The van der Waals surface area contributed by atoms with Crippen LogP contribution in [0.2, 0.25) is 0 Å². The van der Waals surface area contributed by atoms with Gasteiger partial charge >= 0.3 is 0 Å². The molecule has 1 amide bonds. The number of hydrogen-bond acceptors (Lipinski definition) is 6. The zero-order valence-corrected chi connectivity index (χ0v) is 14.7. The fraction of sp³-hybridized carbons (Fsp3) is 0.167. The van der Waals surface area contributed by atoms with Gasteiger partial charge in [-0.25, -0.2) is 4.98 Å².